The highest BCUT2D eigenvalue weighted by Gasteiger charge is 2.13. The minimum absolute atomic E-state index is 0.104. The molecule has 2 rings (SSSR count). The van der Waals surface area contributed by atoms with Crippen LogP contribution in [0.15, 0.2) is 40.9 Å². The van der Waals surface area contributed by atoms with Crippen molar-refractivity contribution in [1.82, 2.24) is 0 Å². The molecule has 0 spiro atoms. The lowest BCUT2D eigenvalue weighted by atomic mass is 10.0. The number of carbonyl (C=O) groups excluding carboxylic acids is 1. The van der Waals surface area contributed by atoms with E-state index in [0.29, 0.717) is 34.9 Å². The van der Waals surface area contributed by atoms with Crippen molar-refractivity contribution in [2.45, 2.75) is 6.92 Å². The Hall–Kier alpha value is -2.01. The number of benzene rings is 2. The maximum Gasteiger partial charge on any atom is 0.193 e. The number of rotatable bonds is 5. The standard InChI is InChI=1S/C16H16BrNO3/c1-3-21-15-7-5-11(9-13(15)18)16(19)10-4-6-14(20-2)12(17)8-10/h4-9H,3,18H2,1-2H3. The Morgan fingerprint density at radius 1 is 1.14 bits per heavy atom. The fraction of sp³-hybridized carbons (Fsp3) is 0.188. The zero-order valence-corrected chi connectivity index (χ0v) is 13.4. The number of hydrogen-bond donors (Lipinski definition) is 1. The summed E-state index contributed by atoms with van der Waals surface area (Å²) in [6.45, 7) is 2.41. The van der Waals surface area contributed by atoms with Crippen molar-refractivity contribution in [3.8, 4) is 11.5 Å². The molecule has 0 aliphatic carbocycles. The van der Waals surface area contributed by atoms with Gasteiger partial charge in [-0.3, -0.25) is 4.79 Å². The van der Waals surface area contributed by atoms with Gasteiger partial charge in [-0.25, -0.2) is 0 Å². The van der Waals surface area contributed by atoms with Crippen molar-refractivity contribution in [1.29, 1.82) is 0 Å². The van der Waals surface area contributed by atoms with E-state index in [-0.39, 0.29) is 5.78 Å². The third-order valence-corrected chi connectivity index (χ3v) is 3.61. The summed E-state index contributed by atoms with van der Waals surface area (Å²) in [7, 11) is 1.58. The van der Waals surface area contributed by atoms with Gasteiger partial charge in [0.1, 0.15) is 11.5 Å². The SMILES string of the molecule is CCOc1ccc(C(=O)c2ccc(OC)c(Br)c2)cc1N. The molecular formula is C16H16BrNO3. The van der Waals surface area contributed by atoms with Gasteiger partial charge in [-0.1, -0.05) is 0 Å². The molecule has 110 valence electrons. The topological polar surface area (TPSA) is 61.5 Å². The van der Waals surface area contributed by atoms with Gasteiger partial charge >= 0.3 is 0 Å². The van der Waals surface area contributed by atoms with Gasteiger partial charge in [-0.15, -0.1) is 0 Å². The number of anilines is 1. The summed E-state index contributed by atoms with van der Waals surface area (Å²) in [6.07, 6.45) is 0. The Bertz CT molecular complexity index is 671. The molecule has 0 radical (unpaired) electrons. The second-order valence-corrected chi connectivity index (χ2v) is 5.22. The predicted octanol–water partition coefficient (Wildman–Crippen LogP) is 3.67. The van der Waals surface area contributed by atoms with Crippen molar-refractivity contribution >= 4 is 27.4 Å². The van der Waals surface area contributed by atoms with Crippen LogP contribution >= 0.6 is 15.9 Å². The Morgan fingerprint density at radius 3 is 2.29 bits per heavy atom. The molecule has 0 aliphatic rings. The van der Waals surface area contributed by atoms with Crippen LogP contribution in [0, 0.1) is 0 Å². The third-order valence-electron chi connectivity index (χ3n) is 2.99. The lowest BCUT2D eigenvalue weighted by Crippen LogP contribution is -2.04. The molecule has 2 aromatic carbocycles. The summed E-state index contributed by atoms with van der Waals surface area (Å²) in [5.74, 6) is 1.16. The highest BCUT2D eigenvalue weighted by Crippen LogP contribution is 2.28. The highest BCUT2D eigenvalue weighted by atomic mass is 79.9. The molecule has 0 saturated heterocycles. The smallest absolute Gasteiger partial charge is 0.193 e. The van der Waals surface area contributed by atoms with Crippen LogP contribution in [0.4, 0.5) is 5.69 Å². The number of halogens is 1. The number of ketones is 1. The quantitative estimate of drug-likeness (QED) is 0.660. The van der Waals surface area contributed by atoms with E-state index in [1.54, 1.807) is 43.5 Å². The molecule has 0 atom stereocenters. The fourth-order valence-electron chi connectivity index (χ4n) is 1.95. The molecule has 2 N–H and O–H groups in total. The maximum absolute atomic E-state index is 12.5. The molecule has 0 heterocycles. The molecule has 0 aliphatic heterocycles. The molecule has 2 aromatic rings. The van der Waals surface area contributed by atoms with E-state index in [4.69, 9.17) is 15.2 Å². The molecule has 0 amide bonds. The van der Waals surface area contributed by atoms with Gasteiger partial charge in [0.25, 0.3) is 0 Å². The average molecular weight is 350 g/mol. The second-order valence-electron chi connectivity index (χ2n) is 4.36. The summed E-state index contributed by atoms with van der Waals surface area (Å²) in [5.41, 5.74) is 7.43. The predicted molar refractivity (Wildman–Crippen MR) is 86.1 cm³/mol. The van der Waals surface area contributed by atoms with E-state index < -0.39 is 0 Å². The van der Waals surface area contributed by atoms with Crippen molar-refractivity contribution < 1.29 is 14.3 Å². The van der Waals surface area contributed by atoms with E-state index in [1.165, 1.54) is 0 Å². The molecule has 0 saturated carbocycles. The Labute approximate surface area is 132 Å². The first-order valence-electron chi connectivity index (χ1n) is 6.47. The van der Waals surface area contributed by atoms with Crippen molar-refractivity contribution in [2.24, 2.45) is 0 Å². The Kier molecular flexibility index (Phi) is 4.85. The molecule has 0 bridgehead atoms. The van der Waals surface area contributed by atoms with E-state index in [9.17, 15) is 4.79 Å². The monoisotopic (exact) mass is 349 g/mol. The largest absolute Gasteiger partial charge is 0.496 e. The van der Waals surface area contributed by atoms with Gasteiger partial charge in [0, 0.05) is 11.1 Å². The van der Waals surface area contributed by atoms with Crippen LogP contribution in [0.1, 0.15) is 22.8 Å². The van der Waals surface area contributed by atoms with Crippen LogP contribution in [0.5, 0.6) is 11.5 Å². The first kappa shape index (κ1) is 15.4. The van der Waals surface area contributed by atoms with Crippen molar-refractivity contribution in [2.75, 3.05) is 19.5 Å². The normalized spacial score (nSPS) is 10.2. The van der Waals surface area contributed by atoms with Crippen LogP contribution < -0.4 is 15.2 Å². The van der Waals surface area contributed by atoms with Gasteiger partial charge in [-0.05, 0) is 59.3 Å². The van der Waals surface area contributed by atoms with Crippen LogP contribution in [-0.2, 0) is 0 Å². The van der Waals surface area contributed by atoms with Gasteiger partial charge in [0.05, 0.1) is 23.9 Å². The molecule has 0 fully saturated rings. The summed E-state index contributed by atoms with van der Waals surface area (Å²) in [6, 6.07) is 10.2. The van der Waals surface area contributed by atoms with Crippen LogP contribution in [-0.4, -0.2) is 19.5 Å². The van der Waals surface area contributed by atoms with Crippen LogP contribution in [0.2, 0.25) is 0 Å². The van der Waals surface area contributed by atoms with Crippen LogP contribution in [0.25, 0.3) is 0 Å². The van der Waals surface area contributed by atoms with Crippen molar-refractivity contribution in [3.63, 3.8) is 0 Å². The summed E-state index contributed by atoms with van der Waals surface area (Å²) < 4.78 is 11.2. The number of hydrogen-bond acceptors (Lipinski definition) is 4. The molecular weight excluding hydrogens is 334 g/mol. The van der Waals surface area contributed by atoms with Gasteiger partial charge < -0.3 is 15.2 Å². The van der Waals surface area contributed by atoms with Crippen LogP contribution in [0.3, 0.4) is 0 Å². The van der Waals surface area contributed by atoms with E-state index in [1.807, 2.05) is 6.92 Å². The first-order chi connectivity index (χ1) is 10.1. The molecule has 0 unspecified atom stereocenters. The Balaban J connectivity index is 2.31. The molecule has 4 nitrogen and oxygen atoms in total. The minimum atomic E-state index is -0.104. The molecule has 5 heteroatoms. The van der Waals surface area contributed by atoms with Gasteiger partial charge in [0.15, 0.2) is 5.78 Å². The average Bonchev–Trinajstić information content (AvgIpc) is 2.48. The number of nitrogens with two attached hydrogens (primary N) is 1. The third kappa shape index (κ3) is 3.36. The van der Waals surface area contributed by atoms with Crippen molar-refractivity contribution in [3.05, 3.63) is 52.0 Å². The second kappa shape index (κ2) is 6.63. The highest BCUT2D eigenvalue weighted by molar-refractivity contribution is 9.10. The maximum atomic E-state index is 12.5. The van der Waals surface area contributed by atoms with E-state index >= 15 is 0 Å². The first-order valence-corrected chi connectivity index (χ1v) is 7.26. The lowest BCUT2D eigenvalue weighted by molar-refractivity contribution is 0.103. The zero-order chi connectivity index (χ0) is 15.4. The number of methoxy groups -OCH3 is 1. The van der Waals surface area contributed by atoms with Gasteiger partial charge in [0.2, 0.25) is 0 Å². The summed E-state index contributed by atoms with van der Waals surface area (Å²) >= 11 is 3.37. The number of carbonyl (C=O) groups is 1. The Morgan fingerprint density at radius 2 is 1.76 bits per heavy atom. The molecule has 21 heavy (non-hydrogen) atoms. The van der Waals surface area contributed by atoms with Gasteiger partial charge in [-0.2, -0.15) is 0 Å². The lowest BCUT2D eigenvalue weighted by Gasteiger charge is -2.09. The zero-order valence-electron chi connectivity index (χ0n) is 11.9. The van der Waals surface area contributed by atoms with E-state index in [2.05, 4.69) is 15.9 Å². The van der Waals surface area contributed by atoms with E-state index in [0.717, 1.165) is 4.47 Å². The minimum Gasteiger partial charge on any atom is -0.496 e. The number of ether oxygens (including phenoxy) is 2. The molecule has 0 aromatic heterocycles. The fourth-order valence-corrected chi connectivity index (χ4v) is 2.49. The summed E-state index contributed by atoms with van der Waals surface area (Å²) in [4.78, 5) is 12.5. The summed E-state index contributed by atoms with van der Waals surface area (Å²) in [5, 5.41) is 0. The number of nitrogen functional groups attached to an aromatic ring is 1.